The smallest absolute Gasteiger partial charge is 0.254 e. The number of rotatable bonds is 5. The molecule has 0 spiro atoms. The molecular formula is C15H18FNO2. The zero-order chi connectivity index (χ0) is 13.4. The lowest BCUT2D eigenvalue weighted by molar-refractivity contribution is 0.0939. The standard InChI is InChI=1S/C15H18FNO2/c16-14-7-11(18)5-6-12(14)15(19)17-8-13(9-1-2-9)10-3-4-10/h5-7,9-10,13,18H,1-4,8H2,(H,17,19). The Hall–Kier alpha value is -1.58. The molecule has 3 rings (SSSR count). The first kappa shape index (κ1) is 12.5. The Kier molecular flexibility index (Phi) is 3.17. The summed E-state index contributed by atoms with van der Waals surface area (Å²) in [6.07, 6.45) is 5.07. The molecule has 1 amide bonds. The van der Waals surface area contributed by atoms with Crippen LogP contribution in [0.25, 0.3) is 0 Å². The van der Waals surface area contributed by atoms with Crippen LogP contribution in [0, 0.1) is 23.6 Å². The summed E-state index contributed by atoms with van der Waals surface area (Å²) in [5.74, 6) is 0.873. The second kappa shape index (κ2) is 4.83. The lowest BCUT2D eigenvalue weighted by Gasteiger charge is -2.16. The lowest BCUT2D eigenvalue weighted by atomic mass is 9.98. The lowest BCUT2D eigenvalue weighted by Crippen LogP contribution is -2.31. The maximum atomic E-state index is 13.5. The van der Waals surface area contributed by atoms with Crippen molar-refractivity contribution in [2.24, 2.45) is 17.8 Å². The average Bonchev–Trinajstić information content (AvgIpc) is 3.23. The van der Waals surface area contributed by atoms with Crippen LogP contribution in [-0.4, -0.2) is 17.6 Å². The van der Waals surface area contributed by atoms with E-state index in [0.29, 0.717) is 12.5 Å². The molecule has 3 nitrogen and oxygen atoms in total. The molecule has 0 atom stereocenters. The van der Waals surface area contributed by atoms with Crippen molar-refractivity contribution in [3.63, 3.8) is 0 Å². The van der Waals surface area contributed by atoms with Crippen molar-refractivity contribution in [2.75, 3.05) is 6.54 Å². The van der Waals surface area contributed by atoms with E-state index in [1.54, 1.807) is 0 Å². The number of benzene rings is 1. The van der Waals surface area contributed by atoms with E-state index in [2.05, 4.69) is 5.32 Å². The highest BCUT2D eigenvalue weighted by atomic mass is 19.1. The van der Waals surface area contributed by atoms with E-state index in [1.807, 2.05) is 0 Å². The van der Waals surface area contributed by atoms with Crippen molar-refractivity contribution in [3.05, 3.63) is 29.6 Å². The average molecular weight is 263 g/mol. The van der Waals surface area contributed by atoms with Gasteiger partial charge in [0.15, 0.2) is 0 Å². The fourth-order valence-electron chi connectivity index (χ4n) is 2.76. The monoisotopic (exact) mass is 263 g/mol. The summed E-state index contributed by atoms with van der Waals surface area (Å²) < 4.78 is 13.5. The Morgan fingerprint density at radius 3 is 2.47 bits per heavy atom. The molecule has 0 bridgehead atoms. The molecule has 0 heterocycles. The van der Waals surface area contributed by atoms with Gasteiger partial charge < -0.3 is 10.4 Å². The molecule has 2 aliphatic carbocycles. The molecule has 0 aromatic heterocycles. The van der Waals surface area contributed by atoms with Gasteiger partial charge in [-0.3, -0.25) is 4.79 Å². The van der Waals surface area contributed by atoms with Crippen LogP contribution in [-0.2, 0) is 0 Å². The van der Waals surface area contributed by atoms with Crippen LogP contribution in [0.1, 0.15) is 36.0 Å². The number of carbonyl (C=O) groups is 1. The Balaban J connectivity index is 1.61. The van der Waals surface area contributed by atoms with Gasteiger partial charge in [0, 0.05) is 12.6 Å². The summed E-state index contributed by atoms with van der Waals surface area (Å²) in [4.78, 5) is 11.9. The highest BCUT2D eigenvalue weighted by Crippen LogP contribution is 2.48. The van der Waals surface area contributed by atoms with Gasteiger partial charge in [-0.25, -0.2) is 4.39 Å². The molecule has 19 heavy (non-hydrogen) atoms. The maximum Gasteiger partial charge on any atom is 0.254 e. The third kappa shape index (κ3) is 2.88. The van der Waals surface area contributed by atoms with Gasteiger partial charge >= 0.3 is 0 Å². The molecule has 1 aromatic carbocycles. The summed E-state index contributed by atoms with van der Waals surface area (Å²) in [5.41, 5.74) is 0.00291. The number of phenols is 1. The Bertz CT molecular complexity index is 483. The van der Waals surface area contributed by atoms with Gasteiger partial charge in [-0.15, -0.1) is 0 Å². The van der Waals surface area contributed by atoms with E-state index in [0.717, 1.165) is 17.9 Å². The number of hydrogen-bond donors (Lipinski definition) is 2. The predicted octanol–water partition coefficient (Wildman–Crippen LogP) is 2.70. The maximum absolute atomic E-state index is 13.5. The Morgan fingerprint density at radius 2 is 1.95 bits per heavy atom. The van der Waals surface area contributed by atoms with Crippen LogP contribution < -0.4 is 5.32 Å². The molecule has 2 aliphatic rings. The minimum absolute atomic E-state index is 0.00291. The van der Waals surface area contributed by atoms with Crippen LogP contribution in [0.3, 0.4) is 0 Å². The largest absolute Gasteiger partial charge is 0.508 e. The first-order chi connectivity index (χ1) is 9.15. The SMILES string of the molecule is O=C(NCC(C1CC1)C1CC1)c1ccc(O)cc1F. The number of nitrogens with one attached hydrogen (secondary N) is 1. The second-order valence-corrected chi connectivity index (χ2v) is 5.71. The number of halogens is 1. The molecule has 0 aliphatic heterocycles. The molecule has 0 unspecified atom stereocenters. The van der Waals surface area contributed by atoms with Gasteiger partial charge in [-0.2, -0.15) is 0 Å². The molecule has 1 aromatic rings. The quantitative estimate of drug-likeness (QED) is 0.858. The molecule has 0 radical (unpaired) electrons. The minimum atomic E-state index is -0.674. The first-order valence-corrected chi connectivity index (χ1v) is 6.92. The fraction of sp³-hybridized carbons (Fsp3) is 0.533. The highest BCUT2D eigenvalue weighted by molar-refractivity contribution is 5.94. The normalized spacial score (nSPS) is 18.6. The van der Waals surface area contributed by atoms with E-state index in [1.165, 1.54) is 37.8 Å². The predicted molar refractivity (Wildman–Crippen MR) is 69.3 cm³/mol. The number of amides is 1. The summed E-state index contributed by atoms with van der Waals surface area (Å²) in [6.45, 7) is 0.647. The van der Waals surface area contributed by atoms with Gasteiger partial charge in [-0.05, 0) is 55.6 Å². The third-order valence-electron chi connectivity index (χ3n) is 4.15. The Morgan fingerprint density at radius 1 is 1.32 bits per heavy atom. The van der Waals surface area contributed by atoms with Gasteiger partial charge in [0.25, 0.3) is 5.91 Å². The van der Waals surface area contributed by atoms with Gasteiger partial charge in [-0.1, -0.05) is 0 Å². The fourth-order valence-corrected chi connectivity index (χ4v) is 2.76. The highest BCUT2D eigenvalue weighted by Gasteiger charge is 2.41. The molecule has 0 saturated heterocycles. The second-order valence-electron chi connectivity index (χ2n) is 5.71. The zero-order valence-corrected chi connectivity index (χ0v) is 10.7. The van der Waals surface area contributed by atoms with Gasteiger partial charge in [0.2, 0.25) is 0 Å². The van der Waals surface area contributed by atoms with Crippen molar-refractivity contribution in [1.82, 2.24) is 5.32 Å². The summed E-state index contributed by atoms with van der Waals surface area (Å²) in [7, 11) is 0. The van der Waals surface area contributed by atoms with E-state index >= 15 is 0 Å². The van der Waals surface area contributed by atoms with Crippen molar-refractivity contribution in [1.29, 1.82) is 0 Å². The molecule has 2 saturated carbocycles. The molecule has 2 N–H and O–H groups in total. The number of hydrogen-bond acceptors (Lipinski definition) is 2. The van der Waals surface area contributed by atoms with Crippen LogP contribution in [0.5, 0.6) is 5.75 Å². The number of carbonyl (C=O) groups excluding carboxylic acids is 1. The van der Waals surface area contributed by atoms with Crippen molar-refractivity contribution < 1.29 is 14.3 Å². The minimum Gasteiger partial charge on any atom is -0.508 e. The number of aromatic hydroxyl groups is 1. The van der Waals surface area contributed by atoms with Gasteiger partial charge in [0.1, 0.15) is 11.6 Å². The summed E-state index contributed by atoms with van der Waals surface area (Å²) >= 11 is 0. The van der Waals surface area contributed by atoms with Gasteiger partial charge in [0.05, 0.1) is 5.56 Å². The van der Waals surface area contributed by atoms with E-state index < -0.39 is 5.82 Å². The van der Waals surface area contributed by atoms with Crippen LogP contribution in [0.4, 0.5) is 4.39 Å². The van der Waals surface area contributed by atoms with E-state index in [-0.39, 0.29) is 17.2 Å². The van der Waals surface area contributed by atoms with Crippen LogP contribution >= 0.6 is 0 Å². The summed E-state index contributed by atoms with van der Waals surface area (Å²) in [6, 6.07) is 3.62. The Labute approximate surface area is 111 Å². The molecule has 102 valence electrons. The molecular weight excluding hydrogens is 245 g/mol. The van der Waals surface area contributed by atoms with Crippen LogP contribution in [0.15, 0.2) is 18.2 Å². The number of phenolic OH excluding ortho intramolecular Hbond substituents is 1. The molecule has 2 fully saturated rings. The van der Waals surface area contributed by atoms with Crippen molar-refractivity contribution in [2.45, 2.75) is 25.7 Å². The van der Waals surface area contributed by atoms with E-state index in [4.69, 9.17) is 5.11 Å². The van der Waals surface area contributed by atoms with Crippen molar-refractivity contribution in [3.8, 4) is 5.75 Å². The third-order valence-corrected chi connectivity index (χ3v) is 4.15. The van der Waals surface area contributed by atoms with Crippen LogP contribution in [0.2, 0.25) is 0 Å². The topological polar surface area (TPSA) is 49.3 Å². The summed E-state index contributed by atoms with van der Waals surface area (Å²) in [5, 5.41) is 12.0. The first-order valence-electron chi connectivity index (χ1n) is 6.92. The molecule has 4 heteroatoms. The van der Waals surface area contributed by atoms with Crippen molar-refractivity contribution >= 4 is 5.91 Å². The zero-order valence-electron chi connectivity index (χ0n) is 10.7. The van der Waals surface area contributed by atoms with E-state index in [9.17, 15) is 9.18 Å².